The van der Waals surface area contributed by atoms with Crippen LogP contribution in [0.3, 0.4) is 0 Å². The van der Waals surface area contributed by atoms with Gasteiger partial charge in [-0.1, -0.05) is 0 Å². The fraction of sp³-hybridized carbons (Fsp3) is 0.238. The fourth-order valence-corrected chi connectivity index (χ4v) is 3.16. The molecule has 0 atom stereocenters. The summed E-state index contributed by atoms with van der Waals surface area (Å²) in [5.41, 5.74) is 9.82. The van der Waals surface area contributed by atoms with Crippen molar-refractivity contribution in [3.05, 3.63) is 52.4 Å². The first-order valence-electron chi connectivity index (χ1n) is 9.81. The van der Waals surface area contributed by atoms with Crippen LogP contribution in [0.2, 0.25) is 0 Å². The van der Waals surface area contributed by atoms with E-state index in [0.717, 1.165) is 0 Å². The minimum atomic E-state index is -0.429. The zero-order valence-corrected chi connectivity index (χ0v) is 19.1. The predicted octanol–water partition coefficient (Wildman–Crippen LogP) is 2.75. The molecule has 8 N–H and O–H groups in total. The monoisotopic (exact) mass is 472 g/mol. The average Bonchev–Trinajstić information content (AvgIpc) is 3.41. The van der Waals surface area contributed by atoms with Gasteiger partial charge in [0.05, 0.1) is 29.6 Å². The first kappa shape index (κ1) is 25.1. The number of nitrogens with two attached hydrogens (primary N) is 1. The summed E-state index contributed by atoms with van der Waals surface area (Å²) in [5.74, 6) is -1.16. The molecule has 3 heterocycles. The standard InChI is InChI=1S/C21H24N8O3.ClH/c1-10-13(23)7-25-16(10)20(31)28-15-9-27-18(12(15)3)21(32)29-14-8-26-17(11(14)2)19(30)24-6-4-5-22;/h7-9,25-27H,4,6,23H2,1-3H3,(H,24,30)(H,28,31)(H,29,32);1H. The topological polar surface area (TPSA) is 184 Å². The fourth-order valence-electron chi connectivity index (χ4n) is 3.16. The van der Waals surface area contributed by atoms with Gasteiger partial charge in [0.15, 0.2) is 0 Å². The molecule has 0 aliphatic heterocycles. The Morgan fingerprint density at radius 3 is 1.76 bits per heavy atom. The van der Waals surface area contributed by atoms with Gasteiger partial charge in [0.1, 0.15) is 17.1 Å². The number of H-pyrrole nitrogens is 3. The SMILES string of the molecule is Cc1c(N)c[nH]c1C(=O)Nc1c[nH]c(C(=O)Nc2c[nH]c(C(=O)NCCC#N)c2C)c1C.Cl. The van der Waals surface area contributed by atoms with Gasteiger partial charge >= 0.3 is 0 Å². The molecule has 11 nitrogen and oxygen atoms in total. The summed E-state index contributed by atoms with van der Waals surface area (Å²) < 4.78 is 0. The van der Waals surface area contributed by atoms with E-state index in [1.807, 2.05) is 6.07 Å². The Hall–Kier alpha value is -4.17. The number of anilines is 3. The van der Waals surface area contributed by atoms with Gasteiger partial charge in [-0.2, -0.15) is 5.26 Å². The van der Waals surface area contributed by atoms with Crippen LogP contribution < -0.4 is 21.7 Å². The number of amides is 3. The van der Waals surface area contributed by atoms with Crippen molar-refractivity contribution in [2.75, 3.05) is 22.9 Å². The number of carbonyl (C=O) groups excluding carboxylic acids is 3. The van der Waals surface area contributed by atoms with Crippen molar-refractivity contribution in [3.8, 4) is 6.07 Å². The third-order valence-corrected chi connectivity index (χ3v) is 5.16. The second-order valence-corrected chi connectivity index (χ2v) is 7.22. The lowest BCUT2D eigenvalue weighted by molar-refractivity contribution is 0.0947. The lowest BCUT2D eigenvalue weighted by Crippen LogP contribution is -2.25. The summed E-state index contributed by atoms with van der Waals surface area (Å²) in [4.78, 5) is 46.0. The quantitative estimate of drug-likeness (QED) is 0.260. The Labute approximate surface area is 195 Å². The van der Waals surface area contributed by atoms with E-state index in [0.29, 0.717) is 45.1 Å². The van der Waals surface area contributed by atoms with Crippen molar-refractivity contribution in [2.24, 2.45) is 0 Å². The second-order valence-electron chi connectivity index (χ2n) is 7.22. The largest absolute Gasteiger partial charge is 0.397 e. The van der Waals surface area contributed by atoms with Crippen LogP contribution in [-0.2, 0) is 0 Å². The summed E-state index contributed by atoms with van der Waals surface area (Å²) in [6.07, 6.45) is 4.80. The van der Waals surface area contributed by atoms with E-state index in [2.05, 4.69) is 30.9 Å². The number of nitrogens with one attached hydrogen (secondary N) is 6. The van der Waals surface area contributed by atoms with Crippen LogP contribution in [0.1, 0.15) is 54.6 Å². The zero-order valence-electron chi connectivity index (χ0n) is 18.3. The van der Waals surface area contributed by atoms with Crippen molar-refractivity contribution in [1.82, 2.24) is 20.3 Å². The third-order valence-electron chi connectivity index (χ3n) is 5.16. The molecule has 0 aliphatic rings. The van der Waals surface area contributed by atoms with E-state index in [9.17, 15) is 14.4 Å². The van der Waals surface area contributed by atoms with Crippen LogP contribution in [0.15, 0.2) is 18.6 Å². The molecule has 0 unspecified atom stereocenters. The Morgan fingerprint density at radius 1 is 0.848 bits per heavy atom. The molecule has 0 radical (unpaired) electrons. The van der Waals surface area contributed by atoms with Crippen molar-refractivity contribution in [1.29, 1.82) is 5.26 Å². The molecule has 3 aromatic rings. The molecule has 3 aromatic heterocycles. The third kappa shape index (κ3) is 5.19. The van der Waals surface area contributed by atoms with E-state index in [-0.39, 0.29) is 42.9 Å². The summed E-state index contributed by atoms with van der Waals surface area (Å²) in [5, 5.41) is 16.7. The highest BCUT2D eigenvalue weighted by atomic mass is 35.5. The normalized spacial score (nSPS) is 10.1. The molecule has 0 fully saturated rings. The highest BCUT2D eigenvalue weighted by Crippen LogP contribution is 2.24. The van der Waals surface area contributed by atoms with E-state index in [4.69, 9.17) is 11.0 Å². The number of halogens is 1. The molecule has 174 valence electrons. The lowest BCUT2D eigenvalue weighted by Gasteiger charge is -2.07. The maximum Gasteiger partial charge on any atom is 0.272 e. The minimum absolute atomic E-state index is 0. The van der Waals surface area contributed by atoms with Gasteiger partial charge in [0, 0.05) is 41.8 Å². The average molecular weight is 473 g/mol. The van der Waals surface area contributed by atoms with E-state index >= 15 is 0 Å². The van der Waals surface area contributed by atoms with E-state index < -0.39 is 5.91 Å². The first-order chi connectivity index (χ1) is 15.2. The molecule has 0 spiro atoms. The van der Waals surface area contributed by atoms with Gasteiger partial charge in [0.25, 0.3) is 17.7 Å². The zero-order chi connectivity index (χ0) is 23.4. The van der Waals surface area contributed by atoms with E-state index in [1.165, 1.54) is 12.4 Å². The number of carbonyl (C=O) groups is 3. The number of hydrogen-bond donors (Lipinski definition) is 7. The van der Waals surface area contributed by atoms with Crippen LogP contribution in [0.25, 0.3) is 0 Å². The molecule has 0 saturated heterocycles. The van der Waals surface area contributed by atoms with Crippen molar-refractivity contribution in [3.63, 3.8) is 0 Å². The minimum Gasteiger partial charge on any atom is -0.397 e. The van der Waals surface area contributed by atoms with Gasteiger partial charge in [0.2, 0.25) is 0 Å². The van der Waals surface area contributed by atoms with Crippen LogP contribution in [-0.4, -0.2) is 39.2 Å². The van der Waals surface area contributed by atoms with Crippen molar-refractivity contribution in [2.45, 2.75) is 27.2 Å². The summed E-state index contributed by atoms with van der Waals surface area (Å²) >= 11 is 0. The molecular formula is C21H25ClN8O3. The predicted molar refractivity (Wildman–Crippen MR) is 127 cm³/mol. The lowest BCUT2D eigenvalue weighted by atomic mass is 10.2. The molecule has 12 heteroatoms. The Kier molecular flexibility index (Phi) is 7.93. The van der Waals surface area contributed by atoms with Crippen molar-refractivity contribution < 1.29 is 14.4 Å². The highest BCUT2D eigenvalue weighted by molar-refractivity contribution is 6.09. The number of nitrogen functional groups attached to an aromatic ring is 1. The molecule has 0 aliphatic carbocycles. The molecule has 3 amide bonds. The number of nitriles is 1. The van der Waals surface area contributed by atoms with E-state index in [1.54, 1.807) is 27.0 Å². The maximum atomic E-state index is 12.8. The van der Waals surface area contributed by atoms with Crippen LogP contribution in [0.4, 0.5) is 17.1 Å². The molecule has 0 aromatic carbocycles. The Morgan fingerprint density at radius 2 is 1.30 bits per heavy atom. The number of rotatable bonds is 7. The van der Waals surface area contributed by atoms with Gasteiger partial charge in [-0.3, -0.25) is 14.4 Å². The first-order valence-corrected chi connectivity index (χ1v) is 9.81. The summed E-state index contributed by atoms with van der Waals surface area (Å²) in [6, 6.07) is 1.95. The van der Waals surface area contributed by atoms with Crippen LogP contribution in [0, 0.1) is 32.1 Å². The molecule has 0 saturated carbocycles. The number of aromatic nitrogens is 3. The number of hydrogen-bond acceptors (Lipinski definition) is 5. The van der Waals surface area contributed by atoms with Gasteiger partial charge < -0.3 is 36.6 Å². The molecule has 0 bridgehead atoms. The molecule has 33 heavy (non-hydrogen) atoms. The maximum absolute atomic E-state index is 12.8. The summed E-state index contributed by atoms with van der Waals surface area (Å²) in [6.45, 7) is 5.37. The van der Waals surface area contributed by atoms with Gasteiger partial charge in [-0.25, -0.2) is 0 Å². The highest BCUT2D eigenvalue weighted by Gasteiger charge is 2.21. The van der Waals surface area contributed by atoms with Crippen molar-refractivity contribution >= 4 is 47.2 Å². The molecular weight excluding hydrogens is 448 g/mol. The van der Waals surface area contributed by atoms with Gasteiger partial charge in [-0.15, -0.1) is 12.4 Å². The van der Waals surface area contributed by atoms with Crippen LogP contribution in [0.5, 0.6) is 0 Å². The van der Waals surface area contributed by atoms with Crippen LogP contribution >= 0.6 is 12.4 Å². The Bertz CT molecular complexity index is 1230. The summed E-state index contributed by atoms with van der Waals surface area (Å²) in [7, 11) is 0. The second kappa shape index (κ2) is 10.4. The Balaban J connectivity index is 0.00000385. The van der Waals surface area contributed by atoms with Gasteiger partial charge in [-0.05, 0) is 20.8 Å². The number of nitrogens with zero attached hydrogens (tertiary/aromatic N) is 1. The number of aromatic amines is 3. The molecule has 3 rings (SSSR count). The smallest absolute Gasteiger partial charge is 0.272 e.